The first-order valence-electron chi connectivity index (χ1n) is 3.21. The lowest BCUT2D eigenvalue weighted by Gasteiger charge is -2.25. The molecule has 1 N–H and O–H groups in total. The van der Waals surface area contributed by atoms with Gasteiger partial charge in [-0.15, -0.1) is 0 Å². The van der Waals surface area contributed by atoms with Crippen molar-refractivity contribution in [3.8, 4) is 0 Å². The third-order valence-corrected chi connectivity index (χ3v) is 1.41. The first-order valence-corrected chi connectivity index (χ1v) is 3.21. The van der Waals surface area contributed by atoms with E-state index in [1.54, 1.807) is 0 Å². The summed E-state index contributed by atoms with van der Waals surface area (Å²) in [6, 6.07) is 0. The summed E-state index contributed by atoms with van der Waals surface area (Å²) in [6.45, 7) is 5.20. The van der Waals surface area contributed by atoms with Gasteiger partial charge in [0, 0.05) is 18.4 Å². The zero-order valence-corrected chi connectivity index (χ0v) is 5.89. The summed E-state index contributed by atoms with van der Waals surface area (Å²) in [7, 11) is 0. The molecule has 0 unspecified atom stereocenters. The van der Waals surface area contributed by atoms with Crippen molar-refractivity contribution in [2.75, 3.05) is 6.54 Å². The Morgan fingerprint density at radius 3 is 2.89 bits per heavy atom. The van der Waals surface area contributed by atoms with Crippen molar-refractivity contribution in [3.63, 3.8) is 0 Å². The van der Waals surface area contributed by atoms with Crippen LogP contribution in [0.2, 0.25) is 0 Å². The molecule has 0 saturated carbocycles. The van der Waals surface area contributed by atoms with E-state index < -0.39 is 0 Å². The molecule has 1 aliphatic rings. The van der Waals surface area contributed by atoms with Crippen molar-refractivity contribution in [1.82, 2.24) is 10.4 Å². The van der Waals surface area contributed by atoms with E-state index in [2.05, 4.69) is 30.4 Å². The Labute approximate surface area is 55.8 Å². The van der Waals surface area contributed by atoms with Crippen LogP contribution in [-0.4, -0.2) is 11.6 Å². The summed E-state index contributed by atoms with van der Waals surface area (Å²) < 4.78 is 0. The van der Waals surface area contributed by atoms with E-state index in [1.165, 1.54) is 5.70 Å². The number of allylic oxidation sites excluding steroid dienone is 3. The van der Waals surface area contributed by atoms with Gasteiger partial charge in [0.2, 0.25) is 0 Å². The summed E-state index contributed by atoms with van der Waals surface area (Å²) in [5, 5.41) is 2.08. The normalized spacial score (nSPS) is 17.1. The van der Waals surface area contributed by atoms with Gasteiger partial charge in [-0.05, 0) is 26.0 Å². The maximum Gasteiger partial charge on any atom is 0.0361 e. The molecule has 1 heterocycles. The van der Waals surface area contributed by atoms with Gasteiger partial charge in [0.05, 0.1) is 0 Å². The Hall–Kier alpha value is -0.920. The molecule has 1 aliphatic heterocycles. The highest BCUT2D eigenvalue weighted by molar-refractivity contribution is 5.12. The van der Waals surface area contributed by atoms with Crippen molar-refractivity contribution >= 4 is 0 Å². The predicted octanol–water partition coefficient (Wildman–Crippen LogP) is 1.24. The molecule has 0 atom stereocenters. The fourth-order valence-corrected chi connectivity index (χ4v) is 0.853. The number of hydrogen-bond donors (Lipinski definition) is 1. The maximum atomic E-state index is 3.10. The van der Waals surface area contributed by atoms with Crippen LogP contribution in [0.5, 0.6) is 0 Å². The number of nitrogens with one attached hydrogen (secondary N) is 1. The molecule has 0 bridgehead atoms. The second-order valence-electron chi connectivity index (χ2n) is 2.04. The predicted molar refractivity (Wildman–Crippen MR) is 38.4 cm³/mol. The highest BCUT2D eigenvalue weighted by atomic mass is 15.5. The van der Waals surface area contributed by atoms with Gasteiger partial charge < -0.3 is 5.43 Å². The van der Waals surface area contributed by atoms with Crippen LogP contribution >= 0.6 is 0 Å². The average Bonchev–Trinajstić information content (AvgIpc) is 1.89. The quantitative estimate of drug-likeness (QED) is 0.566. The highest BCUT2D eigenvalue weighted by Crippen LogP contribution is 2.02. The molecule has 9 heavy (non-hydrogen) atoms. The van der Waals surface area contributed by atoms with Gasteiger partial charge in [-0.2, -0.15) is 0 Å². The third-order valence-electron chi connectivity index (χ3n) is 1.41. The summed E-state index contributed by atoms with van der Waals surface area (Å²) in [4.78, 5) is 0. The highest BCUT2D eigenvalue weighted by Gasteiger charge is 1.99. The number of hydrogen-bond acceptors (Lipinski definition) is 2. The molecule has 0 aliphatic carbocycles. The van der Waals surface area contributed by atoms with Crippen molar-refractivity contribution in [1.29, 1.82) is 0 Å². The minimum Gasteiger partial charge on any atom is -0.306 e. The lowest BCUT2D eigenvalue weighted by molar-refractivity contribution is 0.299. The van der Waals surface area contributed by atoms with Crippen molar-refractivity contribution in [2.24, 2.45) is 0 Å². The van der Waals surface area contributed by atoms with E-state index in [4.69, 9.17) is 0 Å². The maximum absolute atomic E-state index is 3.10. The van der Waals surface area contributed by atoms with Crippen LogP contribution in [-0.2, 0) is 0 Å². The molecule has 50 valence electrons. The molecule has 0 spiro atoms. The van der Waals surface area contributed by atoms with E-state index in [0.29, 0.717) is 0 Å². The third kappa shape index (κ3) is 1.25. The second-order valence-corrected chi connectivity index (χ2v) is 2.04. The molecule has 1 rings (SSSR count). The summed E-state index contributed by atoms with van der Waals surface area (Å²) in [5.41, 5.74) is 4.37. The molecule has 0 aromatic heterocycles. The minimum absolute atomic E-state index is 1.01. The number of rotatable bonds is 1. The lowest BCUT2D eigenvalue weighted by Crippen LogP contribution is -2.33. The monoisotopic (exact) mass is 124 g/mol. The minimum atomic E-state index is 1.01. The SMILES string of the molecule is CCN1NC=CC=C1C. The van der Waals surface area contributed by atoms with Gasteiger partial charge in [-0.1, -0.05) is 0 Å². The molecule has 2 heteroatoms. The Balaban J connectivity index is 2.59. The van der Waals surface area contributed by atoms with E-state index in [1.807, 2.05) is 12.3 Å². The smallest absolute Gasteiger partial charge is 0.0361 e. The first kappa shape index (κ1) is 6.20. The van der Waals surface area contributed by atoms with Crippen LogP contribution < -0.4 is 5.43 Å². The standard InChI is InChI=1S/C7H12N2/c1-3-9-7(2)5-4-6-8-9/h4-6,8H,3H2,1-2H3. The van der Waals surface area contributed by atoms with Crippen molar-refractivity contribution in [2.45, 2.75) is 13.8 Å². The van der Waals surface area contributed by atoms with Crippen LogP contribution in [0.3, 0.4) is 0 Å². The van der Waals surface area contributed by atoms with Crippen molar-refractivity contribution in [3.05, 3.63) is 24.0 Å². The fourth-order valence-electron chi connectivity index (χ4n) is 0.853. The molecule has 0 aromatic rings. The van der Waals surface area contributed by atoms with Gasteiger partial charge >= 0.3 is 0 Å². The molecule has 0 radical (unpaired) electrons. The molecule has 0 aromatic carbocycles. The lowest BCUT2D eigenvalue weighted by atomic mass is 10.4. The molecule has 0 fully saturated rings. The largest absolute Gasteiger partial charge is 0.306 e. The molecule has 0 amide bonds. The van der Waals surface area contributed by atoms with Gasteiger partial charge in [0.1, 0.15) is 0 Å². The van der Waals surface area contributed by atoms with Crippen LogP contribution in [0.4, 0.5) is 0 Å². The van der Waals surface area contributed by atoms with E-state index in [-0.39, 0.29) is 0 Å². The van der Waals surface area contributed by atoms with E-state index in [9.17, 15) is 0 Å². The van der Waals surface area contributed by atoms with Crippen molar-refractivity contribution < 1.29 is 0 Å². The van der Waals surface area contributed by atoms with E-state index >= 15 is 0 Å². The summed E-state index contributed by atoms with van der Waals surface area (Å²) >= 11 is 0. The summed E-state index contributed by atoms with van der Waals surface area (Å²) in [5.74, 6) is 0. The molecule has 0 saturated heterocycles. The van der Waals surface area contributed by atoms with Crippen LogP contribution in [0.15, 0.2) is 24.0 Å². The van der Waals surface area contributed by atoms with Gasteiger partial charge in [0.25, 0.3) is 0 Å². The van der Waals surface area contributed by atoms with Crippen LogP contribution in [0.25, 0.3) is 0 Å². The molecular formula is C7H12N2. The van der Waals surface area contributed by atoms with Gasteiger partial charge in [-0.3, -0.25) is 5.01 Å². The molecular weight excluding hydrogens is 112 g/mol. The number of hydrazine groups is 1. The zero-order valence-electron chi connectivity index (χ0n) is 5.89. The summed E-state index contributed by atoms with van der Waals surface area (Å²) in [6.07, 6.45) is 6.01. The average molecular weight is 124 g/mol. The molecule has 2 nitrogen and oxygen atoms in total. The zero-order chi connectivity index (χ0) is 6.69. The van der Waals surface area contributed by atoms with E-state index in [0.717, 1.165) is 6.54 Å². The van der Waals surface area contributed by atoms with Crippen LogP contribution in [0.1, 0.15) is 13.8 Å². The topological polar surface area (TPSA) is 15.3 Å². The second kappa shape index (κ2) is 2.58. The fraction of sp³-hybridized carbons (Fsp3) is 0.429. The Bertz CT molecular complexity index is 147. The number of nitrogens with zero attached hydrogens (tertiary/aromatic N) is 1. The Morgan fingerprint density at radius 2 is 2.44 bits per heavy atom. The first-order chi connectivity index (χ1) is 4.34. The van der Waals surface area contributed by atoms with Gasteiger partial charge in [0.15, 0.2) is 0 Å². The van der Waals surface area contributed by atoms with Crippen LogP contribution in [0, 0.1) is 0 Å². The Kier molecular flexibility index (Phi) is 1.78. The Morgan fingerprint density at radius 1 is 1.67 bits per heavy atom. The van der Waals surface area contributed by atoms with Gasteiger partial charge in [-0.25, -0.2) is 0 Å².